The van der Waals surface area contributed by atoms with Crippen molar-refractivity contribution in [2.24, 2.45) is 5.92 Å². The van der Waals surface area contributed by atoms with E-state index in [2.05, 4.69) is 10.3 Å². The lowest BCUT2D eigenvalue weighted by molar-refractivity contribution is 0.0900. The van der Waals surface area contributed by atoms with E-state index in [0.717, 1.165) is 5.69 Å². The van der Waals surface area contributed by atoms with Gasteiger partial charge in [0, 0.05) is 17.8 Å². The molecule has 1 rings (SSSR count). The van der Waals surface area contributed by atoms with Crippen molar-refractivity contribution in [3.8, 4) is 0 Å². The molecule has 1 aromatic rings. The third kappa shape index (κ3) is 5.47. The van der Waals surface area contributed by atoms with Crippen LogP contribution in [-0.2, 0) is 0 Å². The molecule has 20 heavy (non-hydrogen) atoms. The Morgan fingerprint density at radius 3 is 2.55 bits per heavy atom. The van der Waals surface area contributed by atoms with Crippen LogP contribution in [0, 0.1) is 5.92 Å². The zero-order valence-electron chi connectivity index (χ0n) is 12.5. The van der Waals surface area contributed by atoms with Crippen LogP contribution < -0.4 is 5.32 Å². The Morgan fingerprint density at radius 2 is 2.00 bits per heavy atom. The lowest BCUT2D eigenvalue weighted by atomic mass is 10.1. The summed E-state index contributed by atoms with van der Waals surface area (Å²) in [6.45, 7) is 8.29. The van der Waals surface area contributed by atoms with Crippen LogP contribution in [0.5, 0.6) is 0 Å². The lowest BCUT2D eigenvalue weighted by Gasteiger charge is -2.14. The summed E-state index contributed by atoms with van der Waals surface area (Å²) in [4.78, 5) is 16.2. The summed E-state index contributed by atoms with van der Waals surface area (Å²) in [5.74, 6) is 0.357. The molecule has 4 nitrogen and oxygen atoms in total. The molecule has 0 saturated heterocycles. The number of nitrogens with zero attached hydrogens (tertiary/aromatic N) is 1. The minimum atomic E-state index is -0.527. The maximum atomic E-state index is 12.1. The highest BCUT2D eigenvalue weighted by atomic mass is 35.5. The largest absolute Gasteiger partial charge is 0.391 e. The van der Waals surface area contributed by atoms with E-state index in [9.17, 15) is 9.90 Å². The van der Waals surface area contributed by atoms with Crippen molar-refractivity contribution in [3.63, 3.8) is 0 Å². The summed E-state index contributed by atoms with van der Waals surface area (Å²) < 4.78 is 0. The SMILES string of the molecule is CC(C)CC(O)CNC(=O)c1cc(Cl)nc(C(C)C)c1. The van der Waals surface area contributed by atoms with Gasteiger partial charge in [-0.05, 0) is 30.4 Å². The van der Waals surface area contributed by atoms with Crippen molar-refractivity contribution < 1.29 is 9.90 Å². The Hall–Kier alpha value is -1.13. The van der Waals surface area contributed by atoms with Gasteiger partial charge in [0.25, 0.3) is 5.91 Å². The summed E-state index contributed by atoms with van der Waals surface area (Å²) in [5, 5.41) is 12.8. The van der Waals surface area contributed by atoms with E-state index in [1.165, 1.54) is 6.07 Å². The molecule has 0 radical (unpaired) electrons. The van der Waals surface area contributed by atoms with Crippen LogP contribution in [0.3, 0.4) is 0 Å². The van der Waals surface area contributed by atoms with Crippen molar-refractivity contribution in [3.05, 3.63) is 28.5 Å². The summed E-state index contributed by atoms with van der Waals surface area (Å²) in [6.07, 6.45) is 0.134. The second-order valence-corrected chi connectivity index (χ2v) is 6.14. The van der Waals surface area contributed by atoms with Crippen LogP contribution in [0.1, 0.15) is 56.1 Å². The first-order valence-electron chi connectivity index (χ1n) is 6.93. The third-order valence-electron chi connectivity index (χ3n) is 2.91. The van der Waals surface area contributed by atoms with Gasteiger partial charge in [0.05, 0.1) is 6.10 Å². The number of hydrogen-bond donors (Lipinski definition) is 2. The van der Waals surface area contributed by atoms with Gasteiger partial charge in [-0.1, -0.05) is 39.3 Å². The third-order valence-corrected chi connectivity index (χ3v) is 3.10. The fourth-order valence-corrected chi connectivity index (χ4v) is 2.10. The average molecular weight is 299 g/mol. The summed E-state index contributed by atoms with van der Waals surface area (Å²) >= 11 is 5.93. The van der Waals surface area contributed by atoms with E-state index in [4.69, 9.17) is 11.6 Å². The van der Waals surface area contributed by atoms with Crippen LogP contribution in [0.25, 0.3) is 0 Å². The second kappa shape index (κ2) is 7.60. The molecule has 1 amide bonds. The molecule has 5 heteroatoms. The molecule has 1 unspecified atom stereocenters. The molecule has 0 aliphatic rings. The molecule has 1 atom stereocenters. The van der Waals surface area contributed by atoms with Crippen LogP contribution in [-0.4, -0.2) is 28.6 Å². The van der Waals surface area contributed by atoms with Gasteiger partial charge in [-0.3, -0.25) is 4.79 Å². The van der Waals surface area contributed by atoms with Gasteiger partial charge >= 0.3 is 0 Å². The average Bonchev–Trinajstić information content (AvgIpc) is 2.34. The Bertz CT molecular complexity index is 461. The molecule has 0 fully saturated rings. The van der Waals surface area contributed by atoms with Crippen molar-refractivity contribution in [2.75, 3.05) is 6.54 Å². The Morgan fingerprint density at radius 1 is 1.35 bits per heavy atom. The van der Waals surface area contributed by atoms with E-state index < -0.39 is 6.10 Å². The summed E-state index contributed by atoms with van der Waals surface area (Å²) in [7, 11) is 0. The van der Waals surface area contributed by atoms with E-state index in [0.29, 0.717) is 23.1 Å². The Kier molecular flexibility index (Phi) is 6.43. The summed E-state index contributed by atoms with van der Waals surface area (Å²) in [6, 6.07) is 3.28. The zero-order chi connectivity index (χ0) is 15.3. The minimum absolute atomic E-state index is 0.201. The van der Waals surface area contributed by atoms with Crippen LogP contribution in [0.2, 0.25) is 5.15 Å². The molecule has 0 bridgehead atoms. The number of carbonyl (C=O) groups excluding carboxylic acids is 1. The number of carbonyl (C=O) groups is 1. The molecule has 0 spiro atoms. The van der Waals surface area contributed by atoms with Crippen LogP contribution in [0.4, 0.5) is 0 Å². The highest BCUT2D eigenvalue weighted by Crippen LogP contribution is 2.17. The highest BCUT2D eigenvalue weighted by Gasteiger charge is 2.13. The molecule has 112 valence electrons. The first-order chi connectivity index (χ1) is 9.29. The number of pyridine rings is 1. The van der Waals surface area contributed by atoms with Crippen LogP contribution in [0.15, 0.2) is 12.1 Å². The standard InChI is InChI=1S/C15H23ClN2O2/c1-9(2)5-12(19)8-17-15(20)11-6-13(10(3)4)18-14(16)7-11/h6-7,9-10,12,19H,5,8H2,1-4H3,(H,17,20). The smallest absolute Gasteiger partial charge is 0.251 e. The van der Waals surface area contributed by atoms with Gasteiger partial charge in [-0.15, -0.1) is 0 Å². The first-order valence-corrected chi connectivity index (χ1v) is 7.31. The van der Waals surface area contributed by atoms with Crippen molar-refractivity contribution in [2.45, 2.75) is 46.1 Å². The maximum absolute atomic E-state index is 12.1. The van der Waals surface area contributed by atoms with Gasteiger partial charge < -0.3 is 10.4 Å². The highest BCUT2D eigenvalue weighted by molar-refractivity contribution is 6.29. The monoisotopic (exact) mass is 298 g/mol. The van der Waals surface area contributed by atoms with E-state index in [1.54, 1.807) is 6.07 Å². The minimum Gasteiger partial charge on any atom is -0.391 e. The number of rotatable bonds is 6. The molecular formula is C15H23ClN2O2. The zero-order valence-corrected chi connectivity index (χ0v) is 13.2. The molecule has 1 heterocycles. The number of amides is 1. The second-order valence-electron chi connectivity index (χ2n) is 5.75. The predicted octanol–water partition coefficient (Wildman–Crippen LogP) is 3.00. The number of nitrogens with one attached hydrogen (secondary N) is 1. The molecule has 0 aromatic carbocycles. The van der Waals surface area contributed by atoms with E-state index in [1.807, 2.05) is 27.7 Å². The van der Waals surface area contributed by atoms with Crippen molar-refractivity contribution in [1.82, 2.24) is 10.3 Å². The molecule has 1 aromatic heterocycles. The molecule has 0 saturated carbocycles. The maximum Gasteiger partial charge on any atom is 0.251 e. The molecule has 0 aliphatic carbocycles. The van der Waals surface area contributed by atoms with E-state index >= 15 is 0 Å². The normalized spacial score (nSPS) is 12.8. The lowest BCUT2D eigenvalue weighted by Crippen LogP contribution is -2.32. The number of aromatic nitrogens is 1. The quantitative estimate of drug-likeness (QED) is 0.794. The number of hydrogen-bond acceptors (Lipinski definition) is 3. The van der Waals surface area contributed by atoms with Gasteiger partial charge in [0.2, 0.25) is 0 Å². The topological polar surface area (TPSA) is 62.2 Å². The number of aliphatic hydroxyl groups excluding tert-OH is 1. The predicted molar refractivity (Wildman–Crippen MR) is 81.1 cm³/mol. The Balaban J connectivity index is 2.68. The van der Waals surface area contributed by atoms with Gasteiger partial charge in [0.15, 0.2) is 0 Å². The molecule has 0 aliphatic heterocycles. The fourth-order valence-electron chi connectivity index (χ4n) is 1.88. The number of aliphatic hydroxyl groups is 1. The Labute approximate surface area is 125 Å². The van der Waals surface area contributed by atoms with Crippen molar-refractivity contribution in [1.29, 1.82) is 0 Å². The van der Waals surface area contributed by atoms with Crippen LogP contribution >= 0.6 is 11.6 Å². The molecular weight excluding hydrogens is 276 g/mol. The van der Waals surface area contributed by atoms with Crippen molar-refractivity contribution >= 4 is 17.5 Å². The molecule has 2 N–H and O–H groups in total. The fraction of sp³-hybridized carbons (Fsp3) is 0.600. The number of halogens is 1. The van der Waals surface area contributed by atoms with Gasteiger partial charge in [-0.25, -0.2) is 4.98 Å². The van der Waals surface area contributed by atoms with Gasteiger partial charge in [-0.2, -0.15) is 0 Å². The summed E-state index contributed by atoms with van der Waals surface area (Å²) in [5.41, 5.74) is 1.26. The van der Waals surface area contributed by atoms with Gasteiger partial charge in [0.1, 0.15) is 5.15 Å². The van der Waals surface area contributed by atoms with E-state index in [-0.39, 0.29) is 18.4 Å². The first kappa shape index (κ1) is 16.9.